The monoisotopic (exact) mass is 520 g/mol. The third-order valence-corrected chi connectivity index (χ3v) is 6.88. The number of aliphatic carboxylic acids is 1. The van der Waals surface area contributed by atoms with Crippen LogP contribution in [0.1, 0.15) is 0 Å². The number of pyridine rings is 1. The van der Waals surface area contributed by atoms with E-state index in [1.54, 1.807) is 23.2 Å². The molecule has 2 aliphatic heterocycles. The van der Waals surface area contributed by atoms with Gasteiger partial charge in [-0.05, 0) is 0 Å². The van der Waals surface area contributed by atoms with Crippen molar-refractivity contribution in [1.29, 1.82) is 0 Å². The number of β-lactam (4-membered cyclic amide) rings is 1. The van der Waals surface area contributed by atoms with E-state index in [0.29, 0.717) is 17.1 Å². The minimum atomic E-state index is -1.25. The number of oxime groups is 1. The molecule has 0 unspecified atom stereocenters. The van der Waals surface area contributed by atoms with Gasteiger partial charge in [0.15, 0.2) is 31.1 Å². The molecule has 0 aromatic carbocycles. The second-order valence-electron chi connectivity index (χ2n) is 7.42. The number of oxazole rings is 1. The summed E-state index contributed by atoms with van der Waals surface area (Å²) in [5, 5.41) is 15.0. The molecule has 35 heavy (non-hydrogen) atoms. The maximum absolute atomic E-state index is 12.8. The molecule has 4 rings (SSSR count). The molecule has 0 radical (unpaired) electrons. The Balaban J connectivity index is 1.50. The quantitative estimate of drug-likeness (QED) is 0.118. The average molecular weight is 521 g/mol. The topological polar surface area (TPSA) is 155 Å². The number of carbonyl (C=O) groups is 4. The molecule has 2 atom stereocenters. The number of hydrogen-bond donors (Lipinski definition) is 2. The highest BCUT2D eigenvalue weighted by molar-refractivity contribution is 8.00. The zero-order valence-electron chi connectivity index (χ0n) is 18.2. The Morgan fingerprint density at radius 2 is 2.14 bits per heavy atom. The minimum Gasteiger partial charge on any atom is -0.477 e. The molecule has 2 amide bonds. The van der Waals surface area contributed by atoms with E-state index >= 15 is 0 Å². The number of aromatic nitrogens is 2. The lowest BCUT2D eigenvalue weighted by Crippen LogP contribution is -2.71. The van der Waals surface area contributed by atoms with Gasteiger partial charge < -0.3 is 19.7 Å². The third kappa shape index (κ3) is 4.77. The van der Waals surface area contributed by atoms with E-state index in [2.05, 4.69) is 20.3 Å². The van der Waals surface area contributed by atoms with Crippen molar-refractivity contribution < 1.29 is 38.1 Å². The largest absolute Gasteiger partial charge is 0.477 e. The van der Waals surface area contributed by atoms with E-state index in [-0.39, 0.29) is 12.2 Å². The van der Waals surface area contributed by atoms with Crippen LogP contribution in [0, 0.1) is 0 Å². The summed E-state index contributed by atoms with van der Waals surface area (Å²) in [7, 11) is 1.16. The Hall–Kier alpha value is -3.71. The first-order valence-electron chi connectivity index (χ1n) is 10.1. The number of carboxylic acid groups (broad SMARTS) is 1. The number of thioether (sulfide) groups is 1. The van der Waals surface area contributed by atoms with Crippen LogP contribution in [0.3, 0.4) is 0 Å². The van der Waals surface area contributed by atoms with Crippen LogP contribution in [-0.4, -0.2) is 74.4 Å². The Morgan fingerprint density at radius 3 is 2.74 bits per heavy atom. The van der Waals surface area contributed by atoms with Gasteiger partial charge in [0.1, 0.15) is 24.2 Å². The van der Waals surface area contributed by atoms with Gasteiger partial charge in [-0.1, -0.05) is 5.16 Å². The van der Waals surface area contributed by atoms with Crippen LogP contribution in [-0.2, 0) is 30.6 Å². The Kier molecular flexibility index (Phi) is 7.17. The van der Waals surface area contributed by atoms with Crippen molar-refractivity contribution in [3.63, 3.8) is 0 Å². The molecule has 1 fully saturated rings. The van der Waals surface area contributed by atoms with Gasteiger partial charge in [0.2, 0.25) is 11.5 Å². The molecule has 2 N–H and O–H groups in total. The molecule has 0 spiro atoms. The van der Waals surface area contributed by atoms with Crippen LogP contribution in [0.5, 0.6) is 0 Å². The molecule has 0 aliphatic carbocycles. The van der Waals surface area contributed by atoms with Crippen LogP contribution in [0.4, 0.5) is 0 Å². The van der Waals surface area contributed by atoms with Crippen molar-refractivity contribution in [2.24, 2.45) is 5.16 Å². The first-order valence-corrected chi connectivity index (χ1v) is 11.7. The molecule has 2 aromatic rings. The number of rotatable bonds is 9. The molecule has 2 aromatic heterocycles. The van der Waals surface area contributed by atoms with Gasteiger partial charge in [-0.15, -0.1) is 23.4 Å². The summed E-state index contributed by atoms with van der Waals surface area (Å²) in [5.74, 6) is -3.13. The summed E-state index contributed by atoms with van der Waals surface area (Å²) in [4.78, 5) is 58.8. The van der Waals surface area contributed by atoms with E-state index in [4.69, 9.17) is 16.0 Å². The van der Waals surface area contributed by atoms with Gasteiger partial charge in [-0.2, -0.15) is 0 Å². The summed E-state index contributed by atoms with van der Waals surface area (Å²) < 4.78 is 7.05. The summed E-state index contributed by atoms with van der Waals surface area (Å²) in [6, 6.07) is 2.59. The van der Waals surface area contributed by atoms with Crippen LogP contribution in [0.15, 0.2) is 58.0 Å². The molecule has 2 aliphatic rings. The predicted octanol–water partition coefficient (Wildman–Crippen LogP) is 0.178. The first-order chi connectivity index (χ1) is 16.8. The highest BCUT2D eigenvalue weighted by Gasteiger charge is 2.54. The number of hydrogen-bond acceptors (Lipinski definition) is 9. The molecule has 14 heteroatoms. The Bertz CT molecular complexity index is 1230. The first kappa shape index (κ1) is 24.4. The van der Waals surface area contributed by atoms with Crippen LogP contribution >= 0.6 is 23.4 Å². The second kappa shape index (κ2) is 10.3. The van der Waals surface area contributed by atoms with Gasteiger partial charge in [0, 0.05) is 29.0 Å². The summed E-state index contributed by atoms with van der Waals surface area (Å²) in [6.45, 7) is 0.244. The van der Waals surface area contributed by atoms with E-state index < -0.39 is 46.6 Å². The maximum atomic E-state index is 12.8. The zero-order chi connectivity index (χ0) is 25.1. The smallest absolute Gasteiger partial charge is 0.352 e. The van der Waals surface area contributed by atoms with E-state index in [0.717, 1.165) is 17.6 Å². The lowest BCUT2D eigenvalue weighted by atomic mass is 10.0. The highest BCUT2D eigenvalue weighted by Crippen LogP contribution is 2.40. The number of nitrogens with one attached hydrogen (secondary N) is 1. The average Bonchev–Trinajstić information content (AvgIpc) is 3.40. The third-order valence-electron chi connectivity index (χ3n) is 5.30. The minimum absolute atomic E-state index is 0.126. The fourth-order valence-electron chi connectivity index (χ4n) is 3.69. The number of carboxylic acids is 1. The standard InChI is InChI=1S/C21H18ClN5O7S/c1-33-25-15(13(28)6-22)18(29)24-16-19(30)27-17(21(31)32)12(9-35-20(16)27)8-26-4-2-11(3-5-26)14-7-23-10-34-14/h2-5,7,10,16,20H,6,8-9H2,1H3,(H-,24,29,31,32)/p+1/t16-,20+/m1/s1. The number of alkyl halides is 1. The number of ketones is 1. The molecule has 12 nitrogen and oxygen atoms in total. The highest BCUT2D eigenvalue weighted by atomic mass is 35.5. The fraction of sp³-hybridized carbons (Fsp3) is 0.286. The number of halogens is 1. The van der Waals surface area contributed by atoms with Crippen LogP contribution < -0.4 is 9.88 Å². The Labute approximate surface area is 207 Å². The number of nitrogens with zero attached hydrogens (tertiary/aromatic N) is 4. The van der Waals surface area contributed by atoms with Crippen molar-refractivity contribution in [3.8, 4) is 11.3 Å². The zero-order valence-corrected chi connectivity index (χ0v) is 19.8. The SMILES string of the molecule is CON=C(C(=O)CCl)C(=O)N[C@@H]1C(=O)N2C(C(=O)O)=C(C[n+]3ccc(-c4cnco4)cc3)CS[C@@H]12. The van der Waals surface area contributed by atoms with Crippen molar-refractivity contribution in [2.45, 2.75) is 18.0 Å². The number of Topliss-reactive ketones (excluding diaryl/α,β-unsaturated/α-hetero) is 1. The van der Waals surface area contributed by atoms with Crippen LogP contribution in [0.25, 0.3) is 11.3 Å². The van der Waals surface area contributed by atoms with Crippen molar-refractivity contribution in [1.82, 2.24) is 15.2 Å². The number of amides is 2. The molecule has 0 bridgehead atoms. The summed E-state index contributed by atoms with van der Waals surface area (Å²) >= 11 is 6.80. The summed E-state index contributed by atoms with van der Waals surface area (Å²) in [5.41, 5.74) is 0.645. The van der Waals surface area contributed by atoms with Gasteiger partial charge in [-0.25, -0.2) is 14.3 Å². The number of fused-ring (bicyclic) bond motifs is 1. The van der Waals surface area contributed by atoms with Gasteiger partial charge in [0.25, 0.3) is 11.8 Å². The molecular weight excluding hydrogens is 502 g/mol. The van der Waals surface area contributed by atoms with Gasteiger partial charge in [-0.3, -0.25) is 19.3 Å². The molecular formula is C21H19ClN5O7S+. The number of carbonyl (C=O) groups excluding carboxylic acids is 3. The summed E-state index contributed by atoms with van der Waals surface area (Å²) in [6.07, 6.45) is 6.46. The second-order valence-corrected chi connectivity index (χ2v) is 8.79. The predicted molar refractivity (Wildman–Crippen MR) is 122 cm³/mol. The van der Waals surface area contributed by atoms with Crippen molar-refractivity contribution >= 4 is 52.6 Å². The fourth-order valence-corrected chi connectivity index (χ4v) is 5.16. The molecule has 4 heterocycles. The van der Waals surface area contributed by atoms with Crippen molar-refractivity contribution in [3.05, 3.63) is 48.4 Å². The molecule has 1 saturated heterocycles. The maximum Gasteiger partial charge on any atom is 0.352 e. The van der Waals surface area contributed by atoms with Gasteiger partial charge >= 0.3 is 5.97 Å². The lowest BCUT2D eigenvalue weighted by molar-refractivity contribution is -0.689. The van der Waals surface area contributed by atoms with Crippen LogP contribution in [0.2, 0.25) is 0 Å². The lowest BCUT2D eigenvalue weighted by Gasteiger charge is -2.49. The van der Waals surface area contributed by atoms with E-state index in [1.165, 1.54) is 18.2 Å². The molecule has 0 saturated carbocycles. The molecule has 182 valence electrons. The van der Waals surface area contributed by atoms with E-state index in [1.807, 2.05) is 12.1 Å². The Morgan fingerprint density at radius 1 is 1.40 bits per heavy atom. The van der Waals surface area contributed by atoms with Crippen molar-refractivity contribution in [2.75, 3.05) is 18.7 Å². The normalized spacial score (nSPS) is 19.7. The van der Waals surface area contributed by atoms with Gasteiger partial charge in [0.05, 0.1) is 12.1 Å². The van der Waals surface area contributed by atoms with E-state index in [9.17, 15) is 24.3 Å².